The number of hydrogen-bond acceptors (Lipinski definition) is 4. The molecular formula is C6HClF3NO4S. The summed E-state index contributed by atoms with van der Waals surface area (Å²) in [6.07, 6.45) is 0. The fourth-order valence-corrected chi connectivity index (χ4v) is 1.95. The van der Waals surface area contributed by atoms with Crippen molar-refractivity contribution in [1.29, 1.82) is 0 Å². The van der Waals surface area contributed by atoms with E-state index in [1.807, 2.05) is 0 Å². The van der Waals surface area contributed by atoms with Gasteiger partial charge in [-0.05, 0) is 0 Å². The van der Waals surface area contributed by atoms with Gasteiger partial charge in [-0.3, -0.25) is 10.1 Å². The van der Waals surface area contributed by atoms with Gasteiger partial charge in [0, 0.05) is 10.7 Å². The summed E-state index contributed by atoms with van der Waals surface area (Å²) in [6.45, 7) is 0. The van der Waals surface area contributed by atoms with Crippen LogP contribution in [0.15, 0.2) is 11.0 Å². The minimum atomic E-state index is -4.96. The van der Waals surface area contributed by atoms with Crippen molar-refractivity contribution in [3.8, 4) is 0 Å². The third-order valence-electron chi connectivity index (χ3n) is 1.54. The molecule has 1 rings (SSSR count). The molecule has 0 aliphatic rings. The lowest BCUT2D eigenvalue weighted by Gasteiger charge is -2.02. The molecule has 0 radical (unpaired) electrons. The quantitative estimate of drug-likeness (QED) is 0.358. The average Bonchev–Trinajstić information content (AvgIpc) is 2.08. The molecule has 0 atom stereocenters. The summed E-state index contributed by atoms with van der Waals surface area (Å²) in [7, 11) is -0.344. The number of benzene rings is 1. The molecule has 0 heterocycles. The van der Waals surface area contributed by atoms with Crippen molar-refractivity contribution in [3.05, 3.63) is 33.6 Å². The van der Waals surface area contributed by atoms with Crippen LogP contribution in [0.25, 0.3) is 0 Å². The summed E-state index contributed by atoms with van der Waals surface area (Å²) in [6, 6.07) is -0.0732. The first kappa shape index (κ1) is 12.7. The van der Waals surface area contributed by atoms with Gasteiger partial charge in [0.2, 0.25) is 5.82 Å². The molecule has 1 aromatic rings. The molecule has 16 heavy (non-hydrogen) atoms. The molecule has 88 valence electrons. The Kier molecular flexibility index (Phi) is 3.10. The van der Waals surface area contributed by atoms with Crippen LogP contribution in [0, 0.1) is 27.6 Å². The zero-order chi connectivity index (χ0) is 12.7. The lowest BCUT2D eigenvalue weighted by Crippen LogP contribution is -2.06. The van der Waals surface area contributed by atoms with E-state index >= 15 is 0 Å². The van der Waals surface area contributed by atoms with Gasteiger partial charge in [0.15, 0.2) is 16.5 Å². The van der Waals surface area contributed by atoms with Gasteiger partial charge in [-0.2, -0.15) is 4.39 Å². The third kappa shape index (κ3) is 2.09. The maximum atomic E-state index is 13.1. The second-order valence-corrected chi connectivity index (χ2v) is 5.03. The van der Waals surface area contributed by atoms with Crippen molar-refractivity contribution in [2.75, 3.05) is 0 Å². The summed E-state index contributed by atoms with van der Waals surface area (Å²) in [5, 5.41) is 10.2. The number of nitro groups is 1. The summed E-state index contributed by atoms with van der Waals surface area (Å²) in [5.74, 6) is -6.02. The first-order chi connectivity index (χ1) is 7.16. The van der Waals surface area contributed by atoms with Gasteiger partial charge >= 0.3 is 5.69 Å². The van der Waals surface area contributed by atoms with E-state index in [-0.39, 0.29) is 6.07 Å². The standard InChI is InChI=1S/C6HClF3NO4S/c7-16(14,15)6-4(9)2(8)1-3(5(6)10)11(12)13/h1H. The molecular weight excluding hydrogens is 275 g/mol. The van der Waals surface area contributed by atoms with E-state index in [2.05, 4.69) is 10.7 Å². The van der Waals surface area contributed by atoms with E-state index in [9.17, 15) is 31.7 Å². The van der Waals surface area contributed by atoms with E-state index in [1.165, 1.54) is 0 Å². The van der Waals surface area contributed by atoms with Crippen LogP contribution in [0.4, 0.5) is 18.9 Å². The normalized spacial score (nSPS) is 11.5. The molecule has 0 saturated heterocycles. The highest BCUT2D eigenvalue weighted by molar-refractivity contribution is 8.13. The Morgan fingerprint density at radius 1 is 1.25 bits per heavy atom. The van der Waals surface area contributed by atoms with Crippen molar-refractivity contribution >= 4 is 25.4 Å². The number of halogens is 4. The van der Waals surface area contributed by atoms with Crippen LogP contribution in [-0.2, 0) is 9.05 Å². The van der Waals surface area contributed by atoms with Crippen LogP contribution in [0.3, 0.4) is 0 Å². The molecule has 0 spiro atoms. The summed E-state index contributed by atoms with van der Waals surface area (Å²) in [4.78, 5) is 6.93. The van der Waals surface area contributed by atoms with E-state index in [0.717, 1.165) is 0 Å². The Hall–Kier alpha value is -1.35. The van der Waals surface area contributed by atoms with Crippen molar-refractivity contribution in [3.63, 3.8) is 0 Å². The van der Waals surface area contributed by atoms with Gasteiger partial charge in [-0.1, -0.05) is 0 Å². The lowest BCUT2D eigenvalue weighted by atomic mass is 10.3. The predicted octanol–water partition coefficient (Wildman–Crippen LogP) is 1.94. The Morgan fingerprint density at radius 3 is 2.12 bits per heavy atom. The van der Waals surface area contributed by atoms with Gasteiger partial charge in [0.1, 0.15) is 0 Å². The van der Waals surface area contributed by atoms with E-state index in [0.29, 0.717) is 0 Å². The van der Waals surface area contributed by atoms with Crippen LogP contribution in [0.1, 0.15) is 0 Å². The SMILES string of the molecule is O=[N+]([O-])c1cc(F)c(F)c(S(=O)(=O)Cl)c1F. The van der Waals surface area contributed by atoms with Crippen LogP contribution < -0.4 is 0 Å². The summed E-state index contributed by atoms with van der Waals surface area (Å²) < 4.78 is 60.2. The van der Waals surface area contributed by atoms with Crippen molar-refractivity contribution in [2.24, 2.45) is 0 Å². The molecule has 0 aliphatic carbocycles. The second kappa shape index (κ2) is 3.91. The predicted molar refractivity (Wildman–Crippen MR) is 46.0 cm³/mol. The first-order valence-electron chi connectivity index (χ1n) is 3.42. The highest BCUT2D eigenvalue weighted by Gasteiger charge is 2.32. The van der Waals surface area contributed by atoms with E-state index < -0.39 is 42.0 Å². The second-order valence-electron chi connectivity index (χ2n) is 2.53. The molecule has 0 N–H and O–H groups in total. The molecule has 0 fully saturated rings. The molecule has 1 aromatic carbocycles. The minimum absolute atomic E-state index is 0.0732. The molecule has 0 aliphatic heterocycles. The van der Waals surface area contributed by atoms with Gasteiger partial charge < -0.3 is 0 Å². The highest BCUT2D eigenvalue weighted by atomic mass is 35.7. The van der Waals surface area contributed by atoms with Gasteiger partial charge in [-0.15, -0.1) is 0 Å². The fourth-order valence-electron chi connectivity index (χ4n) is 0.915. The Balaban J connectivity index is 3.80. The molecule has 5 nitrogen and oxygen atoms in total. The molecule has 0 amide bonds. The van der Waals surface area contributed by atoms with Gasteiger partial charge in [0.05, 0.1) is 11.0 Å². The summed E-state index contributed by atoms with van der Waals surface area (Å²) >= 11 is 0. The van der Waals surface area contributed by atoms with Crippen molar-refractivity contribution in [1.82, 2.24) is 0 Å². The van der Waals surface area contributed by atoms with Crippen LogP contribution in [0.2, 0.25) is 0 Å². The van der Waals surface area contributed by atoms with Crippen LogP contribution in [0.5, 0.6) is 0 Å². The van der Waals surface area contributed by atoms with E-state index in [4.69, 9.17) is 0 Å². The number of nitro benzene ring substituents is 1. The van der Waals surface area contributed by atoms with Gasteiger partial charge in [-0.25, -0.2) is 17.2 Å². The lowest BCUT2D eigenvalue weighted by molar-refractivity contribution is -0.388. The monoisotopic (exact) mass is 275 g/mol. The number of hydrogen-bond donors (Lipinski definition) is 0. The van der Waals surface area contributed by atoms with Crippen LogP contribution in [-0.4, -0.2) is 13.3 Å². The maximum Gasteiger partial charge on any atom is 0.309 e. The Bertz CT molecular complexity index is 574. The zero-order valence-corrected chi connectivity index (χ0v) is 8.65. The number of nitrogens with zero attached hydrogens (tertiary/aromatic N) is 1. The molecule has 0 saturated carbocycles. The Labute approximate surface area is 91.0 Å². The number of rotatable bonds is 2. The largest absolute Gasteiger partial charge is 0.309 e. The third-order valence-corrected chi connectivity index (χ3v) is 2.85. The first-order valence-corrected chi connectivity index (χ1v) is 5.73. The average molecular weight is 276 g/mol. The van der Waals surface area contributed by atoms with Crippen LogP contribution >= 0.6 is 10.7 Å². The highest BCUT2D eigenvalue weighted by Crippen LogP contribution is 2.30. The molecule has 0 bridgehead atoms. The Morgan fingerprint density at radius 2 is 1.75 bits per heavy atom. The zero-order valence-electron chi connectivity index (χ0n) is 7.08. The fraction of sp³-hybridized carbons (Fsp3) is 0. The van der Waals surface area contributed by atoms with E-state index in [1.54, 1.807) is 0 Å². The summed E-state index contributed by atoms with van der Waals surface area (Å²) in [5.41, 5.74) is -1.52. The molecule has 10 heteroatoms. The molecule has 0 unspecified atom stereocenters. The maximum absolute atomic E-state index is 13.1. The smallest absolute Gasteiger partial charge is 0.258 e. The van der Waals surface area contributed by atoms with Crippen molar-refractivity contribution < 1.29 is 26.5 Å². The topological polar surface area (TPSA) is 77.3 Å². The molecule has 0 aromatic heterocycles. The minimum Gasteiger partial charge on any atom is -0.258 e. The van der Waals surface area contributed by atoms with Crippen molar-refractivity contribution in [2.45, 2.75) is 4.90 Å². The van der Waals surface area contributed by atoms with Gasteiger partial charge in [0.25, 0.3) is 9.05 Å².